The minimum Gasteiger partial charge on any atom is -0.507 e. The Morgan fingerprint density at radius 1 is 0.894 bits per heavy atom. The fraction of sp³-hybridized carbons (Fsp3) is 0.216. The number of ketones is 3. The van der Waals surface area contributed by atoms with Gasteiger partial charge in [-0.05, 0) is 59.0 Å². The highest BCUT2D eigenvalue weighted by molar-refractivity contribution is 9.12. The Hall–Kier alpha value is -5.09. The van der Waals surface area contributed by atoms with Gasteiger partial charge in [0.15, 0.2) is 17.3 Å². The lowest BCUT2D eigenvalue weighted by Crippen LogP contribution is -2.39. The number of Topliss-reactive ketones (excluding diaryl/α,β-unsaturated/α-hetero) is 1. The van der Waals surface area contributed by atoms with Gasteiger partial charge < -0.3 is 14.6 Å². The first-order chi connectivity index (χ1) is 22.6. The quantitative estimate of drug-likeness (QED) is 0.153. The van der Waals surface area contributed by atoms with Gasteiger partial charge in [-0.25, -0.2) is 0 Å². The average molecular weight is 695 g/mol. The van der Waals surface area contributed by atoms with Crippen LogP contribution in [0.15, 0.2) is 100 Å². The van der Waals surface area contributed by atoms with Crippen molar-refractivity contribution in [1.82, 2.24) is 0 Å². The first-order valence-corrected chi connectivity index (χ1v) is 15.9. The maximum atomic E-state index is 14.3. The Balaban J connectivity index is 1.29. The summed E-state index contributed by atoms with van der Waals surface area (Å²) in [7, 11) is 2.88. The molecule has 3 aromatic rings. The Morgan fingerprint density at radius 3 is 2.28 bits per heavy atom. The molecule has 1 heterocycles. The predicted molar refractivity (Wildman–Crippen MR) is 175 cm³/mol. The molecule has 1 N–H and O–H groups in total. The van der Waals surface area contributed by atoms with Crippen LogP contribution < -0.4 is 14.4 Å². The molecule has 1 aliphatic heterocycles. The molecule has 0 spiro atoms. The maximum absolute atomic E-state index is 14.3. The molecule has 47 heavy (non-hydrogen) atoms. The van der Waals surface area contributed by atoms with Gasteiger partial charge in [0.25, 0.3) is 0 Å². The van der Waals surface area contributed by atoms with Crippen molar-refractivity contribution in [3.05, 3.63) is 117 Å². The number of methoxy groups -OCH3 is 2. The molecule has 3 aromatic carbocycles. The summed E-state index contributed by atoms with van der Waals surface area (Å²) in [6.45, 7) is 0. The van der Waals surface area contributed by atoms with Gasteiger partial charge >= 0.3 is 0 Å². The molecular formula is C37H28BrNO8. The van der Waals surface area contributed by atoms with E-state index in [1.165, 1.54) is 26.4 Å². The number of imide groups is 1. The third-order valence-electron chi connectivity index (χ3n) is 9.59. The SMILES string of the molecule is COc1cc(O)c([C@H]2C3=CC[C@@H]4C(=O)N(c5ccc(C(=O)c6ccccc6)cc5)C(=O)[C@@H]4[C@@H]3CC3=C2C(=O)C=C(Br)C3=O)c(OC)c1. The van der Waals surface area contributed by atoms with Gasteiger partial charge in [-0.15, -0.1) is 0 Å². The molecule has 7 rings (SSSR count). The second-order valence-corrected chi connectivity index (χ2v) is 12.8. The number of allylic oxidation sites excluding steroid dienone is 6. The van der Waals surface area contributed by atoms with Gasteiger partial charge in [-0.2, -0.15) is 0 Å². The largest absolute Gasteiger partial charge is 0.507 e. The highest BCUT2D eigenvalue weighted by atomic mass is 79.9. The molecule has 2 amide bonds. The van der Waals surface area contributed by atoms with E-state index < -0.39 is 35.4 Å². The van der Waals surface area contributed by atoms with E-state index in [9.17, 15) is 29.1 Å². The van der Waals surface area contributed by atoms with E-state index in [0.717, 1.165) is 4.90 Å². The van der Waals surface area contributed by atoms with E-state index in [2.05, 4.69) is 15.9 Å². The van der Waals surface area contributed by atoms with Crippen LogP contribution >= 0.6 is 15.9 Å². The summed E-state index contributed by atoms with van der Waals surface area (Å²) in [5.41, 5.74) is 2.68. The number of halogens is 1. The van der Waals surface area contributed by atoms with Crippen molar-refractivity contribution < 1.29 is 38.6 Å². The van der Waals surface area contributed by atoms with Crippen molar-refractivity contribution in [1.29, 1.82) is 0 Å². The monoisotopic (exact) mass is 693 g/mol. The molecule has 0 bridgehead atoms. The van der Waals surface area contributed by atoms with Gasteiger partial charge in [0.2, 0.25) is 11.8 Å². The van der Waals surface area contributed by atoms with Crippen molar-refractivity contribution >= 4 is 50.8 Å². The summed E-state index contributed by atoms with van der Waals surface area (Å²) in [6, 6.07) is 18.2. The molecule has 0 saturated carbocycles. The number of carbonyl (C=O) groups excluding carboxylic acids is 5. The van der Waals surface area contributed by atoms with Gasteiger partial charge in [-0.3, -0.25) is 28.9 Å². The lowest BCUT2D eigenvalue weighted by Gasteiger charge is -2.42. The second-order valence-electron chi connectivity index (χ2n) is 11.9. The van der Waals surface area contributed by atoms with Crippen molar-refractivity contribution in [3.63, 3.8) is 0 Å². The second kappa shape index (κ2) is 11.6. The van der Waals surface area contributed by atoms with E-state index in [1.54, 1.807) is 54.6 Å². The molecule has 1 saturated heterocycles. The smallest absolute Gasteiger partial charge is 0.238 e. The Labute approximate surface area is 278 Å². The van der Waals surface area contributed by atoms with E-state index in [0.29, 0.717) is 28.1 Å². The average Bonchev–Trinajstić information content (AvgIpc) is 3.35. The van der Waals surface area contributed by atoms with E-state index in [-0.39, 0.29) is 63.0 Å². The van der Waals surface area contributed by atoms with Crippen LogP contribution in [0, 0.1) is 17.8 Å². The summed E-state index contributed by atoms with van der Waals surface area (Å²) < 4.78 is 11.1. The molecule has 4 atom stereocenters. The number of phenolic OH excluding ortho intramolecular Hbond substituents is 1. The first kappa shape index (κ1) is 30.6. The summed E-state index contributed by atoms with van der Waals surface area (Å²) in [6.07, 6.45) is 3.39. The molecule has 0 aromatic heterocycles. The minimum atomic E-state index is -0.904. The third kappa shape index (κ3) is 4.77. The number of ether oxygens (including phenoxy) is 2. The number of hydrogen-bond donors (Lipinski definition) is 1. The summed E-state index contributed by atoms with van der Waals surface area (Å²) in [5, 5.41) is 11.3. The van der Waals surface area contributed by atoms with Crippen LogP contribution in [0.5, 0.6) is 17.2 Å². The molecule has 236 valence electrons. The van der Waals surface area contributed by atoms with Crippen molar-refractivity contribution in [3.8, 4) is 17.2 Å². The maximum Gasteiger partial charge on any atom is 0.238 e. The van der Waals surface area contributed by atoms with Gasteiger partial charge in [-0.1, -0.05) is 42.0 Å². The van der Waals surface area contributed by atoms with Crippen LogP contribution in [0.4, 0.5) is 5.69 Å². The number of phenols is 1. The van der Waals surface area contributed by atoms with Gasteiger partial charge in [0, 0.05) is 52.0 Å². The normalized spacial score (nSPS) is 23.5. The zero-order valence-electron chi connectivity index (χ0n) is 25.4. The number of benzene rings is 3. The molecule has 0 radical (unpaired) electrons. The van der Waals surface area contributed by atoms with Crippen LogP contribution in [0.2, 0.25) is 0 Å². The molecule has 0 unspecified atom stereocenters. The summed E-state index contributed by atoms with van der Waals surface area (Å²) in [5.74, 6) is -4.39. The highest BCUT2D eigenvalue weighted by Gasteiger charge is 2.57. The van der Waals surface area contributed by atoms with E-state index in [1.807, 2.05) is 12.1 Å². The number of carbonyl (C=O) groups is 5. The number of nitrogens with zero attached hydrogens (tertiary/aromatic N) is 1. The number of rotatable bonds is 6. The number of aromatic hydroxyl groups is 1. The third-order valence-corrected chi connectivity index (χ3v) is 10.2. The van der Waals surface area contributed by atoms with Crippen molar-refractivity contribution in [2.75, 3.05) is 19.1 Å². The molecule has 9 nitrogen and oxygen atoms in total. The zero-order chi connectivity index (χ0) is 33.1. The lowest BCUT2D eigenvalue weighted by atomic mass is 9.59. The van der Waals surface area contributed by atoms with Crippen LogP contribution in [-0.2, 0) is 19.2 Å². The fourth-order valence-electron chi connectivity index (χ4n) is 7.47. The molecule has 3 aliphatic carbocycles. The Morgan fingerprint density at radius 2 is 1.60 bits per heavy atom. The van der Waals surface area contributed by atoms with Crippen LogP contribution in [0.25, 0.3) is 0 Å². The number of anilines is 1. The highest BCUT2D eigenvalue weighted by Crippen LogP contribution is 2.58. The molecule has 1 fully saturated rings. The van der Waals surface area contributed by atoms with Crippen molar-refractivity contribution in [2.45, 2.75) is 18.8 Å². The fourth-order valence-corrected chi connectivity index (χ4v) is 7.92. The summed E-state index contributed by atoms with van der Waals surface area (Å²) in [4.78, 5) is 69.4. The Kier molecular flexibility index (Phi) is 7.55. The number of amides is 2. The van der Waals surface area contributed by atoms with E-state index >= 15 is 0 Å². The standard InChI is InChI=1S/C37H28BrNO8/c1-46-21-14-27(40)33(29(15-21)47-2)32-22-12-13-23-30(24(22)16-25-31(32)28(41)17-26(38)35(25)43)37(45)39(36(23)44)20-10-8-19(9-11-20)34(42)18-6-4-3-5-7-18/h3-12,14-15,17,23-24,30,32,40H,13,16H2,1-2H3/t23-,24+,30-,32-/m0/s1. The van der Waals surface area contributed by atoms with Crippen LogP contribution in [0.3, 0.4) is 0 Å². The van der Waals surface area contributed by atoms with E-state index in [4.69, 9.17) is 9.47 Å². The number of fused-ring (bicyclic) bond motifs is 3. The van der Waals surface area contributed by atoms with Crippen LogP contribution in [-0.4, -0.2) is 48.5 Å². The first-order valence-electron chi connectivity index (χ1n) is 15.1. The Bertz CT molecular complexity index is 1990. The summed E-state index contributed by atoms with van der Waals surface area (Å²) >= 11 is 3.23. The topological polar surface area (TPSA) is 127 Å². The minimum absolute atomic E-state index is 0.0724. The van der Waals surface area contributed by atoms with Crippen molar-refractivity contribution in [2.24, 2.45) is 17.8 Å². The predicted octanol–water partition coefficient (Wildman–Crippen LogP) is 5.61. The zero-order valence-corrected chi connectivity index (χ0v) is 26.9. The lowest BCUT2D eigenvalue weighted by molar-refractivity contribution is -0.123. The molecular weight excluding hydrogens is 666 g/mol. The molecule has 4 aliphatic rings. The molecule has 10 heteroatoms. The van der Waals surface area contributed by atoms with Gasteiger partial charge in [0.1, 0.15) is 17.2 Å². The number of hydrogen-bond acceptors (Lipinski definition) is 8. The van der Waals surface area contributed by atoms with Gasteiger partial charge in [0.05, 0.1) is 36.2 Å². The van der Waals surface area contributed by atoms with Crippen LogP contribution in [0.1, 0.15) is 40.2 Å².